The lowest BCUT2D eigenvalue weighted by atomic mass is 10.1. The molecule has 0 atom stereocenters. The van der Waals surface area contributed by atoms with Crippen LogP contribution in [0.2, 0.25) is 0 Å². The summed E-state index contributed by atoms with van der Waals surface area (Å²) in [6.07, 6.45) is 10.2. The Morgan fingerprint density at radius 2 is 0.800 bits per heavy atom. The summed E-state index contributed by atoms with van der Waals surface area (Å²) in [5.74, 6) is 0. The number of hydrogen-bond acceptors (Lipinski definition) is 6. The molecule has 0 fully saturated rings. The number of hydrogen-bond donors (Lipinski definition) is 0. The zero-order chi connectivity index (χ0) is 15.1. The van der Waals surface area contributed by atoms with E-state index in [1.54, 1.807) is 0 Å². The summed E-state index contributed by atoms with van der Waals surface area (Å²) in [5, 5.41) is 18.2. The molecule has 0 aromatic carbocycles. The molecular weight excluding hydrogens is 268 g/mol. The van der Waals surface area contributed by atoms with Crippen molar-refractivity contribution in [1.82, 2.24) is 0 Å². The van der Waals surface area contributed by atoms with Gasteiger partial charge in [-0.3, -0.25) is 0 Å². The Bertz CT molecular complexity index is 236. The van der Waals surface area contributed by atoms with Gasteiger partial charge in [0.1, 0.15) is 0 Å². The third kappa shape index (κ3) is 16.4. The highest BCUT2D eigenvalue weighted by Crippen LogP contribution is 2.10. The van der Waals surface area contributed by atoms with Crippen molar-refractivity contribution in [1.29, 1.82) is 0 Å². The van der Waals surface area contributed by atoms with E-state index in [2.05, 4.69) is 9.68 Å². The van der Waals surface area contributed by atoms with Crippen molar-refractivity contribution < 1.29 is 19.8 Å². The highest BCUT2D eigenvalue weighted by atomic mass is 17.0. The van der Waals surface area contributed by atoms with E-state index < -0.39 is 10.2 Å². The highest BCUT2D eigenvalue weighted by Gasteiger charge is 1.97. The van der Waals surface area contributed by atoms with Gasteiger partial charge in [0.2, 0.25) is 0 Å². The number of rotatable bonds is 15. The molecule has 0 aliphatic heterocycles. The Hall–Kier alpha value is -1.60. The quantitative estimate of drug-likeness (QED) is 0.260. The summed E-state index contributed by atoms with van der Waals surface area (Å²) in [6, 6.07) is 0. The van der Waals surface area contributed by atoms with Crippen LogP contribution in [0.5, 0.6) is 0 Å². The molecule has 0 rings (SSSR count). The molecule has 0 spiro atoms. The summed E-state index contributed by atoms with van der Waals surface area (Å²) in [7, 11) is 0. The topological polar surface area (TPSA) is 105 Å². The monoisotopic (exact) mass is 292 g/mol. The lowest BCUT2D eigenvalue weighted by Gasteiger charge is -2.02. The maximum Gasteiger partial charge on any atom is 0.294 e. The predicted octanol–water partition coefficient (Wildman–Crippen LogP) is 3.30. The molecule has 8 nitrogen and oxygen atoms in total. The molecule has 0 heterocycles. The predicted molar refractivity (Wildman–Crippen MR) is 72.1 cm³/mol. The van der Waals surface area contributed by atoms with Crippen LogP contribution < -0.4 is 0 Å². The average Bonchev–Trinajstić information content (AvgIpc) is 2.38. The molecule has 8 heteroatoms. The molecule has 0 unspecified atom stereocenters. The van der Waals surface area contributed by atoms with Gasteiger partial charge >= 0.3 is 0 Å². The summed E-state index contributed by atoms with van der Waals surface area (Å²) in [6.45, 7) is 0.387. The first-order valence-electron chi connectivity index (χ1n) is 7.17. The summed E-state index contributed by atoms with van der Waals surface area (Å²) >= 11 is 0. The van der Waals surface area contributed by atoms with Crippen LogP contribution in [0.3, 0.4) is 0 Å². The summed E-state index contributed by atoms with van der Waals surface area (Å²) < 4.78 is 0. The normalized spacial score (nSPS) is 10.2. The van der Waals surface area contributed by atoms with Gasteiger partial charge in [-0.1, -0.05) is 51.4 Å². The van der Waals surface area contributed by atoms with Gasteiger partial charge in [-0.2, -0.15) is 0 Å². The molecular formula is C12H24N2O6. The largest absolute Gasteiger partial charge is 0.314 e. The number of unbranched alkanes of at least 4 members (excludes halogenated alkanes) is 9. The van der Waals surface area contributed by atoms with Crippen LogP contribution >= 0.6 is 0 Å². The van der Waals surface area contributed by atoms with Crippen molar-refractivity contribution in [3.63, 3.8) is 0 Å². The first-order valence-corrected chi connectivity index (χ1v) is 7.17. The van der Waals surface area contributed by atoms with Crippen LogP contribution in [-0.4, -0.2) is 23.4 Å². The SMILES string of the molecule is O=[N+]([O-])OCCCCCCCCCCCCO[N+](=O)[O-]. The third-order valence-electron chi connectivity index (χ3n) is 2.93. The van der Waals surface area contributed by atoms with Gasteiger partial charge in [0.05, 0.1) is 13.2 Å². The van der Waals surface area contributed by atoms with Crippen LogP contribution in [0.15, 0.2) is 0 Å². The molecule has 0 saturated carbocycles. The molecule has 0 saturated heterocycles. The standard InChI is InChI=1S/C12H24N2O6/c15-13(16)19-11-9-7-5-3-1-2-4-6-8-10-12-20-14(17)18/h1-12H2. The fraction of sp³-hybridized carbons (Fsp3) is 1.00. The van der Waals surface area contributed by atoms with E-state index in [4.69, 9.17) is 0 Å². The maximum absolute atomic E-state index is 9.88. The lowest BCUT2D eigenvalue weighted by molar-refractivity contribution is -0.757. The van der Waals surface area contributed by atoms with E-state index >= 15 is 0 Å². The first kappa shape index (κ1) is 18.4. The average molecular weight is 292 g/mol. The van der Waals surface area contributed by atoms with E-state index in [1.807, 2.05) is 0 Å². The van der Waals surface area contributed by atoms with E-state index in [0.29, 0.717) is 0 Å². The number of nitrogens with zero attached hydrogens (tertiary/aromatic N) is 2. The van der Waals surface area contributed by atoms with Crippen molar-refractivity contribution in [2.75, 3.05) is 13.2 Å². The zero-order valence-electron chi connectivity index (χ0n) is 11.8. The van der Waals surface area contributed by atoms with E-state index in [0.717, 1.165) is 51.4 Å². The van der Waals surface area contributed by atoms with Gasteiger partial charge in [0.25, 0.3) is 10.2 Å². The first-order chi connectivity index (χ1) is 9.63. The molecule has 0 aromatic rings. The maximum atomic E-state index is 9.88. The smallest absolute Gasteiger partial charge is 0.294 e. The van der Waals surface area contributed by atoms with Crippen LogP contribution in [0.1, 0.15) is 64.2 Å². The second-order valence-corrected chi connectivity index (χ2v) is 4.65. The Morgan fingerprint density at radius 1 is 0.550 bits per heavy atom. The molecule has 0 bridgehead atoms. The zero-order valence-corrected chi connectivity index (χ0v) is 11.8. The van der Waals surface area contributed by atoms with Crippen LogP contribution in [-0.2, 0) is 9.68 Å². The summed E-state index contributed by atoms with van der Waals surface area (Å²) in [5.41, 5.74) is 0. The fourth-order valence-electron chi connectivity index (χ4n) is 1.90. The minimum absolute atomic E-state index is 0.194. The molecule has 0 aliphatic rings. The second kappa shape index (κ2) is 13.8. The van der Waals surface area contributed by atoms with E-state index in [-0.39, 0.29) is 13.2 Å². The highest BCUT2D eigenvalue weighted by molar-refractivity contribution is 4.47. The molecule has 0 radical (unpaired) electrons. The van der Waals surface area contributed by atoms with Crippen LogP contribution in [0, 0.1) is 20.2 Å². The van der Waals surface area contributed by atoms with Gasteiger partial charge in [0, 0.05) is 0 Å². The van der Waals surface area contributed by atoms with Gasteiger partial charge in [0.15, 0.2) is 0 Å². The Kier molecular flexibility index (Phi) is 12.7. The van der Waals surface area contributed by atoms with Crippen molar-refractivity contribution in [3.8, 4) is 0 Å². The molecule has 118 valence electrons. The minimum Gasteiger partial charge on any atom is -0.314 e. The van der Waals surface area contributed by atoms with Crippen molar-refractivity contribution in [2.45, 2.75) is 64.2 Å². The lowest BCUT2D eigenvalue weighted by Crippen LogP contribution is -2.01. The Labute approximate surface area is 118 Å². The Balaban J connectivity index is 2.99. The molecule has 0 N–H and O–H groups in total. The molecule has 0 aliphatic carbocycles. The van der Waals surface area contributed by atoms with E-state index in [9.17, 15) is 20.2 Å². The van der Waals surface area contributed by atoms with E-state index in [1.165, 1.54) is 12.8 Å². The molecule has 20 heavy (non-hydrogen) atoms. The fourth-order valence-corrected chi connectivity index (χ4v) is 1.90. The Morgan fingerprint density at radius 3 is 1.05 bits per heavy atom. The minimum atomic E-state index is -0.753. The van der Waals surface area contributed by atoms with Gasteiger partial charge in [-0.05, 0) is 12.8 Å². The second-order valence-electron chi connectivity index (χ2n) is 4.65. The summed E-state index contributed by atoms with van der Waals surface area (Å²) in [4.78, 5) is 28.2. The van der Waals surface area contributed by atoms with Crippen LogP contribution in [0.4, 0.5) is 0 Å². The third-order valence-corrected chi connectivity index (χ3v) is 2.93. The van der Waals surface area contributed by atoms with Gasteiger partial charge in [-0.15, -0.1) is 20.2 Å². The van der Waals surface area contributed by atoms with Gasteiger partial charge < -0.3 is 9.68 Å². The van der Waals surface area contributed by atoms with Crippen molar-refractivity contribution in [2.24, 2.45) is 0 Å². The van der Waals surface area contributed by atoms with Crippen molar-refractivity contribution >= 4 is 0 Å². The van der Waals surface area contributed by atoms with Crippen molar-refractivity contribution in [3.05, 3.63) is 20.2 Å². The van der Waals surface area contributed by atoms with Crippen LogP contribution in [0.25, 0.3) is 0 Å². The molecule has 0 amide bonds. The van der Waals surface area contributed by atoms with Gasteiger partial charge in [-0.25, -0.2) is 0 Å². The molecule has 0 aromatic heterocycles.